The van der Waals surface area contributed by atoms with Gasteiger partial charge in [0, 0.05) is 16.9 Å². The summed E-state index contributed by atoms with van der Waals surface area (Å²) in [4.78, 5) is 1.93. The number of alkyl halides is 3. The minimum atomic E-state index is -4.27. The zero-order valence-corrected chi connectivity index (χ0v) is 15.5. The molecular formula is C18H22BrF4NO. The summed E-state index contributed by atoms with van der Waals surface area (Å²) in [7, 11) is 0. The smallest absolute Gasteiger partial charge is 0.396 e. The molecule has 25 heavy (non-hydrogen) atoms. The van der Waals surface area contributed by atoms with Gasteiger partial charge in [-0.2, -0.15) is 13.2 Å². The van der Waals surface area contributed by atoms with Crippen molar-refractivity contribution in [3.05, 3.63) is 28.5 Å². The molecule has 1 aliphatic heterocycles. The van der Waals surface area contributed by atoms with E-state index in [0.717, 1.165) is 32.4 Å². The molecule has 1 saturated carbocycles. The van der Waals surface area contributed by atoms with Crippen molar-refractivity contribution in [2.75, 3.05) is 26.2 Å². The van der Waals surface area contributed by atoms with Crippen LogP contribution in [0, 0.1) is 17.2 Å². The maximum absolute atomic E-state index is 13.9. The number of piperidine rings is 1. The summed E-state index contributed by atoms with van der Waals surface area (Å²) >= 11 is 3.15. The summed E-state index contributed by atoms with van der Waals surface area (Å²) in [6.45, 7) is 1.39. The predicted molar refractivity (Wildman–Crippen MR) is 91.1 cm³/mol. The molecule has 1 aromatic rings. The van der Waals surface area contributed by atoms with E-state index in [9.17, 15) is 17.6 Å². The molecule has 2 fully saturated rings. The van der Waals surface area contributed by atoms with E-state index in [1.807, 2.05) is 4.90 Å². The molecular weight excluding hydrogens is 402 g/mol. The van der Waals surface area contributed by atoms with Gasteiger partial charge < -0.3 is 9.64 Å². The Bertz CT molecular complexity index is 603. The number of halogens is 5. The summed E-state index contributed by atoms with van der Waals surface area (Å²) in [6, 6.07) is 4.31. The van der Waals surface area contributed by atoms with Crippen LogP contribution in [0.1, 0.15) is 32.1 Å². The van der Waals surface area contributed by atoms with E-state index in [1.165, 1.54) is 12.1 Å². The fraction of sp³-hybridized carbons (Fsp3) is 0.667. The predicted octanol–water partition coefficient (Wildman–Crippen LogP) is 5.41. The summed E-state index contributed by atoms with van der Waals surface area (Å²) < 4.78 is 61.4. The molecule has 0 amide bonds. The Morgan fingerprint density at radius 3 is 2.48 bits per heavy atom. The molecule has 1 saturated heterocycles. The molecule has 0 aromatic heterocycles. The van der Waals surface area contributed by atoms with Gasteiger partial charge in [-0.25, -0.2) is 4.39 Å². The number of nitrogens with zero attached hydrogens (tertiary/aromatic N) is 1. The van der Waals surface area contributed by atoms with Crippen molar-refractivity contribution in [2.45, 2.75) is 38.3 Å². The van der Waals surface area contributed by atoms with Crippen LogP contribution in [0.4, 0.5) is 17.6 Å². The highest BCUT2D eigenvalue weighted by Crippen LogP contribution is 2.57. The normalized spacial score (nSPS) is 27.8. The molecule has 0 N–H and O–H groups in total. The fourth-order valence-corrected chi connectivity index (χ4v) is 4.24. The molecule has 1 aliphatic carbocycles. The molecule has 0 radical (unpaired) electrons. The second kappa shape index (κ2) is 7.43. The number of ether oxygens (including phenoxy) is 1. The Morgan fingerprint density at radius 2 is 1.92 bits per heavy atom. The Kier molecular flexibility index (Phi) is 5.63. The highest BCUT2D eigenvalue weighted by atomic mass is 79.9. The highest BCUT2D eigenvalue weighted by Gasteiger charge is 2.64. The largest absolute Gasteiger partial charge is 0.490 e. The zero-order valence-electron chi connectivity index (χ0n) is 13.9. The summed E-state index contributed by atoms with van der Waals surface area (Å²) in [5, 5.41) is 0. The van der Waals surface area contributed by atoms with Crippen LogP contribution in [-0.4, -0.2) is 37.3 Å². The van der Waals surface area contributed by atoms with Crippen molar-refractivity contribution in [3.63, 3.8) is 0 Å². The number of hydrogen-bond donors (Lipinski definition) is 0. The molecule has 7 heteroatoms. The van der Waals surface area contributed by atoms with Gasteiger partial charge in [0.25, 0.3) is 0 Å². The first-order valence-electron chi connectivity index (χ1n) is 8.69. The Hall–Kier alpha value is -0.820. The monoisotopic (exact) mass is 423 g/mol. The van der Waals surface area contributed by atoms with Crippen LogP contribution < -0.4 is 4.74 Å². The average molecular weight is 424 g/mol. The van der Waals surface area contributed by atoms with Gasteiger partial charge in [0.2, 0.25) is 0 Å². The molecule has 2 aliphatic rings. The lowest BCUT2D eigenvalue weighted by atomic mass is 9.59. The van der Waals surface area contributed by atoms with E-state index in [-0.39, 0.29) is 25.3 Å². The van der Waals surface area contributed by atoms with Crippen LogP contribution in [0.15, 0.2) is 22.7 Å². The van der Waals surface area contributed by atoms with Crippen molar-refractivity contribution in [1.29, 1.82) is 0 Å². The molecule has 140 valence electrons. The molecule has 2 nitrogen and oxygen atoms in total. The zero-order chi connectivity index (χ0) is 18.1. The highest BCUT2D eigenvalue weighted by molar-refractivity contribution is 9.10. The van der Waals surface area contributed by atoms with E-state index in [0.29, 0.717) is 10.9 Å². The number of rotatable bonds is 5. The third kappa shape index (κ3) is 3.97. The molecule has 2 unspecified atom stereocenters. The SMILES string of the molecule is Fc1cc(Br)ccc1OCC1CCC1(CN1CCCCC1)C(F)(F)F. The van der Waals surface area contributed by atoms with E-state index in [1.54, 1.807) is 6.07 Å². The Balaban J connectivity index is 1.68. The summed E-state index contributed by atoms with van der Waals surface area (Å²) in [6.07, 6.45) is -0.673. The van der Waals surface area contributed by atoms with Crippen LogP contribution in [-0.2, 0) is 0 Å². The van der Waals surface area contributed by atoms with E-state index in [4.69, 9.17) is 4.74 Å². The lowest BCUT2D eigenvalue weighted by molar-refractivity contribution is -0.283. The van der Waals surface area contributed by atoms with E-state index in [2.05, 4.69) is 15.9 Å². The van der Waals surface area contributed by atoms with Crippen molar-refractivity contribution in [1.82, 2.24) is 4.90 Å². The van der Waals surface area contributed by atoms with Crippen LogP contribution in [0.3, 0.4) is 0 Å². The van der Waals surface area contributed by atoms with Gasteiger partial charge in [0.15, 0.2) is 11.6 Å². The van der Waals surface area contributed by atoms with Gasteiger partial charge in [-0.15, -0.1) is 0 Å². The maximum Gasteiger partial charge on any atom is 0.396 e. The molecule has 0 spiro atoms. The first-order chi connectivity index (χ1) is 11.8. The average Bonchev–Trinajstić information content (AvgIpc) is 2.53. The van der Waals surface area contributed by atoms with Gasteiger partial charge in [0.1, 0.15) is 0 Å². The molecule has 0 bridgehead atoms. The molecule has 1 heterocycles. The second-order valence-electron chi connectivity index (χ2n) is 7.11. The third-order valence-electron chi connectivity index (χ3n) is 5.57. The lowest BCUT2D eigenvalue weighted by Crippen LogP contribution is -2.59. The summed E-state index contributed by atoms with van der Waals surface area (Å²) in [5.74, 6) is -1.19. The van der Waals surface area contributed by atoms with Crippen LogP contribution >= 0.6 is 15.9 Å². The van der Waals surface area contributed by atoms with Gasteiger partial charge in [-0.05, 0) is 57.0 Å². The number of hydrogen-bond acceptors (Lipinski definition) is 2. The Morgan fingerprint density at radius 1 is 1.20 bits per heavy atom. The maximum atomic E-state index is 13.9. The van der Waals surface area contributed by atoms with Crippen LogP contribution in [0.25, 0.3) is 0 Å². The topological polar surface area (TPSA) is 12.5 Å². The van der Waals surface area contributed by atoms with Gasteiger partial charge >= 0.3 is 6.18 Å². The van der Waals surface area contributed by atoms with Crippen molar-refractivity contribution < 1.29 is 22.3 Å². The Labute approximate surface area is 153 Å². The third-order valence-corrected chi connectivity index (χ3v) is 6.07. The quantitative estimate of drug-likeness (QED) is 0.586. The van der Waals surface area contributed by atoms with Crippen molar-refractivity contribution in [3.8, 4) is 5.75 Å². The first-order valence-corrected chi connectivity index (χ1v) is 9.48. The lowest BCUT2D eigenvalue weighted by Gasteiger charge is -2.52. The van der Waals surface area contributed by atoms with E-state index < -0.39 is 23.3 Å². The molecule has 2 atom stereocenters. The van der Waals surface area contributed by atoms with Crippen molar-refractivity contribution in [2.24, 2.45) is 11.3 Å². The van der Waals surface area contributed by atoms with Crippen LogP contribution in [0.5, 0.6) is 5.75 Å². The van der Waals surface area contributed by atoms with E-state index >= 15 is 0 Å². The second-order valence-corrected chi connectivity index (χ2v) is 8.03. The minimum Gasteiger partial charge on any atom is -0.490 e. The molecule has 1 aromatic carbocycles. The summed E-state index contributed by atoms with van der Waals surface area (Å²) in [5.41, 5.74) is -1.73. The van der Waals surface area contributed by atoms with Crippen molar-refractivity contribution >= 4 is 15.9 Å². The van der Waals surface area contributed by atoms with Gasteiger partial charge in [-0.1, -0.05) is 22.4 Å². The fourth-order valence-electron chi connectivity index (χ4n) is 3.91. The number of benzene rings is 1. The number of likely N-dealkylation sites (tertiary alicyclic amines) is 1. The van der Waals surface area contributed by atoms with Gasteiger partial charge in [0.05, 0.1) is 12.0 Å². The first kappa shape index (κ1) is 19.0. The standard InChI is InChI=1S/C18H22BrF4NO/c19-14-4-5-16(15(20)10-14)25-11-13-6-7-17(13,18(21,22)23)12-24-8-2-1-3-9-24/h4-5,10,13H,1-3,6-9,11-12H2. The van der Waals surface area contributed by atoms with Crippen LogP contribution in [0.2, 0.25) is 0 Å². The minimum absolute atomic E-state index is 0.00384. The molecule has 3 rings (SSSR count). The van der Waals surface area contributed by atoms with Gasteiger partial charge in [-0.3, -0.25) is 0 Å².